The van der Waals surface area contributed by atoms with E-state index in [1.54, 1.807) is 6.20 Å². The first-order valence-corrected chi connectivity index (χ1v) is 10.4. The van der Waals surface area contributed by atoms with Crippen molar-refractivity contribution in [3.05, 3.63) is 83.4 Å². The Morgan fingerprint density at radius 3 is 2.60 bits per heavy atom. The maximum Gasteiger partial charge on any atom is 0.226 e. The molecule has 0 spiro atoms. The summed E-state index contributed by atoms with van der Waals surface area (Å²) in [6.07, 6.45) is 2.12. The van der Waals surface area contributed by atoms with Crippen LogP contribution in [0.25, 0.3) is 0 Å². The number of hydrogen-bond acceptors (Lipinski definition) is 3. The molecule has 1 fully saturated rings. The van der Waals surface area contributed by atoms with Gasteiger partial charge in [-0.15, -0.1) is 0 Å². The SMILES string of the molecule is Cc1ccc(NC(=O)CCN2C(=S)N[C@@H](c3ccccn3)[C@H]2c2ccc(C)[nH]2)cc1. The highest BCUT2D eigenvalue weighted by molar-refractivity contribution is 7.80. The molecule has 7 heteroatoms. The summed E-state index contributed by atoms with van der Waals surface area (Å²) in [4.78, 5) is 22.6. The summed E-state index contributed by atoms with van der Waals surface area (Å²) >= 11 is 5.64. The molecule has 3 aromatic rings. The van der Waals surface area contributed by atoms with Crippen LogP contribution in [0.15, 0.2) is 60.8 Å². The van der Waals surface area contributed by atoms with Gasteiger partial charge in [0.05, 0.1) is 17.8 Å². The molecule has 30 heavy (non-hydrogen) atoms. The van der Waals surface area contributed by atoms with Gasteiger partial charge in [-0.25, -0.2) is 0 Å². The van der Waals surface area contributed by atoms with E-state index in [1.165, 1.54) is 0 Å². The molecule has 0 saturated carbocycles. The van der Waals surface area contributed by atoms with E-state index in [2.05, 4.69) is 37.6 Å². The Bertz CT molecular complexity index is 1030. The second-order valence-corrected chi connectivity index (χ2v) is 7.97. The molecule has 1 aromatic carbocycles. The van der Waals surface area contributed by atoms with Gasteiger partial charge in [-0.2, -0.15) is 0 Å². The second-order valence-electron chi connectivity index (χ2n) is 7.58. The van der Waals surface area contributed by atoms with E-state index in [1.807, 2.05) is 56.3 Å². The Morgan fingerprint density at radius 1 is 1.13 bits per heavy atom. The van der Waals surface area contributed by atoms with Gasteiger partial charge in [-0.1, -0.05) is 23.8 Å². The molecular weight excluding hydrogens is 394 g/mol. The molecule has 0 bridgehead atoms. The van der Waals surface area contributed by atoms with Gasteiger partial charge in [-0.3, -0.25) is 9.78 Å². The highest BCUT2D eigenvalue weighted by atomic mass is 32.1. The number of pyridine rings is 1. The lowest BCUT2D eigenvalue weighted by atomic mass is 10.0. The molecule has 4 rings (SSSR count). The minimum absolute atomic E-state index is 0.0376. The number of H-pyrrole nitrogens is 1. The van der Waals surface area contributed by atoms with E-state index >= 15 is 0 Å². The van der Waals surface area contributed by atoms with Crippen molar-refractivity contribution in [2.24, 2.45) is 0 Å². The van der Waals surface area contributed by atoms with Gasteiger partial charge in [0.25, 0.3) is 0 Å². The van der Waals surface area contributed by atoms with E-state index in [0.29, 0.717) is 18.1 Å². The molecule has 2 aromatic heterocycles. The number of carbonyl (C=O) groups is 1. The van der Waals surface area contributed by atoms with E-state index in [0.717, 1.165) is 28.3 Å². The molecule has 6 nitrogen and oxygen atoms in total. The third-order valence-corrected chi connectivity index (χ3v) is 5.64. The summed E-state index contributed by atoms with van der Waals surface area (Å²) in [6, 6.07) is 17.6. The summed E-state index contributed by atoms with van der Waals surface area (Å²) < 4.78 is 0. The average Bonchev–Trinajstić information content (AvgIpc) is 3.31. The monoisotopic (exact) mass is 419 g/mol. The lowest BCUT2D eigenvalue weighted by Gasteiger charge is -2.26. The minimum Gasteiger partial charge on any atom is -0.361 e. The topological polar surface area (TPSA) is 73.1 Å². The number of nitrogens with zero attached hydrogens (tertiary/aromatic N) is 2. The van der Waals surface area contributed by atoms with Crippen LogP contribution in [0.3, 0.4) is 0 Å². The molecular formula is C23H25N5OS. The first-order valence-electron chi connectivity index (χ1n) is 10.0. The zero-order valence-corrected chi connectivity index (χ0v) is 17.9. The molecule has 1 saturated heterocycles. The zero-order chi connectivity index (χ0) is 21.1. The average molecular weight is 420 g/mol. The molecule has 0 unspecified atom stereocenters. The van der Waals surface area contributed by atoms with Crippen molar-refractivity contribution < 1.29 is 4.79 Å². The van der Waals surface area contributed by atoms with Crippen LogP contribution in [0.2, 0.25) is 0 Å². The fourth-order valence-electron chi connectivity index (χ4n) is 3.77. The summed E-state index contributed by atoms with van der Waals surface area (Å²) in [5.41, 5.74) is 5.01. The van der Waals surface area contributed by atoms with E-state index in [9.17, 15) is 4.79 Å². The smallest absolute Gasteiger partial charge is 0.226 e. The first-order chi connectivity index (χ1) is 14.5. The molecule has 3 heterocycles. The van der Waals surface area contributed by atoms with Gasteiger partial charge in [-0.05, 0) is 62.5 Å². The molecule has 1 amide bonds. The summed E-state index contributed by atoms with van der Waals surface area (Å²) in [5, 5.41) is 6.99. The van der Waals surface area contributed by atoms with Crippen molar-refractivity contribution in [2.75, 3.05) is 11.9 Å². The van der Waals surface area contributed by atoms with Crippen LogP contribution in [-0.4, -0.2) is 32.4 Å². The van der Waals surface area contributed by atoms with E-state index in [-0.39, 0.29) is 18.0 Å². The number of amides is 1. The number of carbonyl (C=O) groups excluding carboxylic acids is 1. The maximum absolute atomic E-state index is 12.5. The number of anilines is 1. The Kier molecular flexibility index (Phi) is 5.81. The lowest BCUT2D eigenvalue weighted by molar-refractivity contribution is -0.116. The third kappa shape index (κ3) is 4.36. The van der Waals surface area contributed by atoms with Gasteiger partial charge < -0.3 is 20.5 Å². The number of aromatic amines is 1. The van der Waals surface area contributed by atoms with E-state index < -0.39 is 0 Å². The lowest BCUT2D eigenvalue weighted by Crippen LogP contribution is -2.32. The van der Waals surface area contributed by atoms with E-state index in [4.69, 9.17) is 12.2 Å². The predicted molar refractivity (Wildman–Crippen MR) is 122 cm³/mol. The Balaban J connectivity index is 1.51. The molecule has 3 N–H and O–H groups in total. The van der Waals surface area contributed by atoms with Crippen molar-refractivity contribution in [3.63, 3.8) is 0 Å². The largest absolute Gasteiger partial charge is 0.361 e. The zero-order valence-electron chi connectivity index (χ0n) is 17.1. The Hall–Kier alpha value is -3.19. The number of aryl methyl sites for hydroxylation is 2. The molecule has 2 atom stereocenters. The van der Waals surface area contributed by atoms with Gasteiger partial charge in [0, 0.05) is 36.2 Å². The van der Waals surface area contributed by atoms with Crippen molar-refractivity contribution in [1.82, 2.24) is 20.2 Å². The van der Waals surface area contributed by atoms with Crippen LogP contribution in [-0.2, 0) is 4.79 Å². The predicted octanol–water partition coefficient (Wildman–Crippen LogP) is 4.03. The summed E-state index contributed by atoms with van der Waals surface area (Å²) in [6.45, 7) is 4.56. The van der Waals surface area contributed by atoms with Crippen LogP contribution in [0, 0.1) is 13.8 Å². The van der Waals surface area contributed by atoms with Crippen LogP contribution >= 0.6 is 12.2 Å². The van der Waals surface area contributed by atoms with Crippen molar-refractivity contribution in [2.45, 2.75) is 32.4 Å². The Morgan fingerprint density at radius 2 is 1.93 bits per heavy atom. The highest BCUT2D eigenvalue weighted by Gasteiger charge is 2.40. The first kappa shape index (κ1) is 20.1. The van der Waals surface area contributed by atoms with Gasteiger partial charge in [0.1, 0.15) is 0 Å². The normalized spacial score (nSPS) is 18.3. The summed E-state index contributed by atoms with van der Waals surface area (Å²) in [5.74, 6) is -0.0376. The molecule has 0 radical (unpaired) electrons. The quantitative estimate of drug-likeness (QED) is 0.526. The number of rotatable bonds is 6. The molecule has 1 aliphatic heterocycles. The van der Waals surface area contributed by atoms with Crippen LogP contribution in [0.5, 0.6) is 0 Å². The van der Waals surface area contributed by atoms with Gasteiger partial charge in [0.15, 0.2) is 5.11 Å². The fourth-order valence-corrected chi connectivity index (χ4v) is 4.10. The van der Waals surface area contributed by atoms with Crippen LogP contribution in [0.1, 0.15) is 41.1 Å². The number of aromatic nitrogens is 2. The second kappa shape index (κ2) is 8.67. The fraction of sp³-hybridized carbons (Fsp3) is 0.261. The number of thiocarbonyl (C=S) groups is 1. The highest BCUT2D eigenvalue weighted by Crippen LogP contribution is 2.38. The third-order valence-electron chi connectivity index (χ3n) is 5.29. The number of benzene rings is 1. The van der Waals surface area contributed by atoms with Crippen molar-refractivity contribution in [3.8, 4) is 0 Å². The van der Waals surface area contributed by atoms with Gasteiger partial charge >= 0.3 is 0 Å². The molecule has 1 aliphatic rings. The molecule has 0 aliphatic carbocycles. The van der Waals surface area contributed by atoms with Crippen LogP contribution < -0.4 is 10.6 Å². The number of hydrogen-bond donors (Lipinski definition) is 3. The Labute approximate surface area is 181 Å². The minimum atomic E-state index is -0.0862. The summed E-state index contributed by atoms with van der Waals surface area (Å²) in [7, 11) is 0. The van der Waals surface area contributed by atoms with Crippen LogP contribution in [0.4, 0.5) is 5.69 Å². The molecule has 154 valence electrons. The number of nitrogens with one attached hydrogen (secondary N) is 3. The van der Waals surface area contributed by atoms with Crippen molar-refractivity contribution in [1.29, 1.82) is 0 Å². The maximum atomic E-state index is 12.5. The van der Waals surface area contributed by atoms with Crippen molar-refractivity contribution >= 4 is 28.9 Å². The standard InChI is InChI=1S/C23H25N5OS/c1-15-6-9-17(10-7-15)26-20(29)12-14-28-22(19-11-8-16(2)25-19)21(27-23(28)30)18-5-3-4-13-24-18/h3-11,13,21-22,25H,12,14H2,1-2H3,(H,26,29)(H,27,30)/t21-,22+/m0/s1. The van der Waals surface area contributed by atoms with Gasteiger partial charge in [0.2, 0.25) is 5.91 Å².